The summed E-state index contributed by atoms with van der Waals surface area (Å²) in [4.78, 5) is 27.7. The predicted molar refractivity (Wildman–Crippen MR) is 129 cm³/mol. The van der Waals surface area contributed by atoms with Gasteiger partial charge in [-0.2, -0.15) is 0 Å². The molecule has 0 saturated carbocycles. The van der Waals surface area contributed by atoms with Gasteiger partial charge in [0.15, 0.2) is 0 Å². The van der Waals surface area contributed by atoms with Crippen LogP contribution in [0.3, 0.4) is 0 Å². The standard InChI is InChI=1S/C28H37NO4/c1-4-8-20-16-22-26(28(32)29(13-5-2)27(22)31)23-17-33-24(25(20)23)12-11-18(6-3)14-19-9-7-10-21(30)15-19/h7,9-10,14-15,22-24,26,30H,4-6,8,11-13,16-17H2,1-3H3/b18-14+/t22-,23+,24-,26-/m1/s1. The molecule has 0 spiro atoms. The molecule has 4 rings (SSSR count). The van der Waals surface area contributed by atoms with E-state index in [0.717, 1.165) is 50.5 Å². The fourth-order valence-electron chi connectivity index (χ4n) is 6.04. The molecule has 2 saturated heterocycles. The van der Waals surface area contributed by atoms with Gasteiger partial charge >= 0.3 is 0 Å². The van der Waals surface area contributed by atoms with E-state index in [9.17, 15) is 14.7 Å². The monoisotopic (exact) mass is 451 g/mol. The summed E-state index contributed by atoms with van der Waals surface area (Å²) in [6, 6.07) is 7.34. The number of imide groups is 1. The lowest BCUT2D eigenvalue weighted by molar-refractivity contribution is -0.140. The minimum atomic E-state index is -0.238. The highest BCUT2D eigenvalue weighted by molar-refractivity contribution is 6.05. The molecule has 0 radical (unpaired) electrons. The van der Waals surface area contributed by atoms with Gasteiger partial charge in [-0.1, -0.05) is 56.5 Å². The summed E-state index contributed by atoms with van der Waals surface area (Å²) in [5, 5.41) is 9.77. The summed E-state index contributed by atoms with van der Waals surface area (Å²) in [5.74, 6) is -0.0527. The molecule has 2 amide bonds. The molecule has 33 heavy (non-hydrogen) atoms. The number of phenols is 1. The number of carbonyl (C=O) groups is 2. The number of fused-ring (bicyclic) bond motifs is 3. The third kappa shape index (κ3) is 4.65. The number of phenolic OH excluding ortho intramolecular Hbond substituents is 1. The quantitative estimate of drug-likeness (QED) is 0.398. The molecular weight excluding hydrogens is 414 g/mol. The Balaban J connectivity index is 1.54. The largest absolute Gasteiger partial charge is 0.508 e. The van der Waals surface area contributed by atoms with E-state index in [4.69, 9.17) is 4.74 Å². The zero-order chi connectivity index (χ0) is 23.5. The number of hydrogen-bond acceptors (Lipinski definition) is 4. The molecule has 2 aliphatic heterocycles. The highest BCUT2D eigenvalue weighted by Crippen LogP contribution is 2.50. The van der Waals surface area contributed by atoms with Gasteiger partial charge in [0.2, 0.25) is 11.8 Å². The molecule has 1 N–H and O–H groups in total. The lowest BCUT2D eigenvalue weighted by atomic mass is 9.68. The van der Waals surface area contributed by atoms with Crippen LogP contribution in [0.15, 0.2) is 41.0 Å². The van der Waals surface area contributed by atoms with Crippen LogP contribution in [-0.2, 0) is 14.3 Å². The first-order chi connectivity index (χ1) is 16.0. The van der Waals surface area contributed by atoms with E-state index in [-0.39, 0.29) is 41.4 Å². The van der Waals surface area contributed by atoms with Crippen LogP contribution < -0.4 is 0 Å². The average Bonchev–Trinajstić information content (AvgIpc) is 3.32. The van der Waals surface area contributed by atoms with Gasteiger partial charge in [0, 0.05) is 12.5 Å². The first-order valence-electron chi connectivity index (χ1n) is 12.7. The maximum absolute atomic E-state index is 13.2. The second kappa shape index (κ2) is 10.3. The van der Waals surface area contributed by atoms with Gasteiger partial charge in [0.1, 0.15) is 5.75 Å². The van der Waals surface area contributed by atoms with Crippen molar-refractivity contribution in [3.63, 3.8) is 0 Å². The van der Waals surface area contributed by atoms with Crippen LogP contribution >= 0.6 is 0 Å². The second-order valence-electron chi connectivity index (χ2n) is 9.69. The average molecular weight is 452 g/mol. The highest BCUT2D eigenvalue weighted by Gasteiger charge is 2.56. The Bertz CT molecular complexity index is 962. The molecule has 1 aromatic rings. The Labute approximate surface area is 197 Å². The first-order valence-corrected chi connectivity index (χ1v) is 12.7. The topological polar surface area (TPSA) is 66.8 Å². The molecular formula is C28H37NO4. The van der Waals surface area contributed by atoms with E-state index in [0.29, 0.717) is 13.2 Å². The predicted octanol–water partition coefficient (Wildman–Crippen LogP) is 5.49. The fourth-order valence-corrected chi connectivity index (χ4v) is 6.04. The van der Waals surface area contributed by atoms with Gasteiger partial charge in [-0.15, -0.1) is 0 Å². The van der Waals surface area contributed by atoms with E-state index in [1.54, 1.807) is 12.1 Å². The summed E-state index contributed by atoms with van der Waals surface area (Å²) in [6.45, 7) is 7.42. The molecule has 0 unspecified atom stereocenters. The fraction of sp³-hybridized carbons (Fsp3) is 0.571. The normalized spacial score (nSPS) is 27.4. The van der Waals surface area contributed by atoms with E-state index in [1.165, 1.54) is 21.6 Å². The third-order valence-corrected chi connectivity index (χ3v) is 7.52. The molecule has 1 aliphatic carbocycles. The number of benzene rings is 1. The number of hydrogen-bond donors (Lipinski definition) is 1. The zero-order valence-electron chi connectivity index (χ0n) is 20.2. The number of carbonyl (C=O) groups excluding carboxylic acids is 2. The summed E-state index contributed by atoms with van der Waals surface area (Å²) in [7, 11) is 0. The second-order valence-corrected chi connectivity index (χ2v) is 9.69. The van der Waals surface area contributed by atoms with Gasteiger partial charge in [-0.25, -0.2) is 0 Å². The Kier molecular flexibility index (Phi) is 7.38. The third-order valence-electron chi connectivity index (χ3n) is 7.52. The van der Waals surface area contributed by atoms with E-state index in [2.05, 4.69) is 19.9 Å². The van der Waals surface area contributed by atoms with Crippen LogP contribution in [0.2, 0.25) is 0 Å². The lowest BCUT2D eigenvalue weighted by Crippen LogP contribution is -2.34. The van der Waals surface area contributed by atoms with Gasteiger partial charge in [0.05, 0.1) is 24.5 Å². The molecule has 2 heterocycles. The summed E-state index contributed by atoms with van der Waals surface area (Å²) >= 11 is 0. The van der Waals surface area contributed by atoms with Crippen molar-refractivity contribution in [3.05, 3.63) is 46.5 Å². The number of likely N-dealkylation sites (tertiary alicyclic amines) is 1. The van der Waals surface area contributed by atoms with Crippen molar-refractivity contribution in [1.82, 2.24) is 4.90 Å². The van der Waals surface area contributed by atoms with Crippen molar-refractivity contribution in [1.29, 1.82) is 0 Å². The number of rotatable bonds is 9. The van der Waals surface area contributed by atoms with E-state index < -0.39 is 0 Å². The Morgan fingerprint density at radius 3 is 2.67 bits per heavy atom. The van der Waals surface area contributed by atoms with E-state index >= 15 is 0 Å². The van der Waals surface area contributed by atoms with Crippen molar-refractivity contribution in [2.75, 3.05) is 13.2 Å². The summed E-state index contributed by atoms with van der Waals surface area (Å²) in [6.07, 6.45) is 8.45. The number of nitrogens with zero attached hydrogens (tertiary/aromatic N) is 1. The van der Waals surface area contributed by atoms with Crippen LogP contribution in [0.4, 0.5) is 0 Å². The van der Waals surface area contributed by atoms with Crippen LogP contribution in [0.1, 0.15) is 71.3 Å². The van der Waals surface area contributed by atoms with Crippen molar-refractivity contribution in [2.45, 2.75) is 71.8 Å². The maximum atomic E-state index is 13.2. The lowest BCUT2D eigenvalue weighted by Gasteiger charge is -2.32. The van der Waals surface area contributed by atoms with Gasteiger partial charge < -0.3 is 9.84 Å². The van der Waals surface area contributed by atoms with Gasteiger partial charge in [0.25, 0.3) is 0 Å². The van der Waals surface area contributed by atoms with Crippen LogP contribution in [-0.4, -0.2) is 41.1 Å². The number of amides is 2. The molecule has 4 atom stereocenters. The molecule has 0 bridgehead atoms. The Hall–Kier alpha value is -2.40. The Morgan fingerprint density at radius 2 is 1.97 bits per heavy atom. The van der Waals surface area contributed by atoms with Gasteiger partial charge in [-0.3, -0.25) is 14.5 Å². The number of ether oxygens (including phenoxy) is 1. The number of allylic oxidation sites excluding steroid dienone is 2. The van der Waals surface area contributed by atoms with Crippen molar-refractivity contribution < 1.29 is 19.4 Å². The minimum absolute atomic E-state index is 0.0205. The zero-order valence-corrected chi connectivity index (χ0v) is 20.2. The molecule has 3 aliphatic rings. The summed E-state index contributed by atoms with van der Waals surface area (Å²) < 4.78 is 6.32. The molecule has 5 heteroatoms. The minimum Gasteiger partial charge on any atom is -0.508 e. The van der Waals surface area contributed by atoms with Crippen LogP contribution in [0.25, 0.3) is 6.08 Å². The smallest absolute Gasteiger partial charge is 0.233 e. The van der Waals surface area contributed by atoms with Crippen LogP contribution in [0.5, 0.6) is 5.75 Å². The van der Waals surface area contributed by atoms with Crippen molar-refractivity contribution in [3.8, 4) is 5.75 Å². The van der Waals surface area contributed by atoms with Gasteiger partial charge in [-0.05, 0) is 61.8 Å². The Morgan fingerprint density at radius 1 is 1.15 bits per heavy atom. The SMILES string of the molecule is CCCC1=C2[C@@H](CC/C(=C/c3cccc(O)c3)CC)OC[C@@H]2[C@@H]2C(=O)N(CCC)C(=O)[C@@H]2C1. The van der Waals surface area contributed by atoms with E-state index in [1.807, 2.05) is 19.1 Å². The first kappa shape index (κ1) is 23.7. The number of aromatic hydroxyl groups is 1. The molecule has 2 fully saturated rings. The molecule has 0 aromatic heterocycles. The van der Waals surface area contributed by atoms with Crippen LogP contribution in [0, 0.1) is 17.8 Å². The maximum Gasteiger partial charge on any atom is 0.233 e. The van der Waals surface area contributed by atoms with Crippen molar-refractivity contribution >= 4 is 17.9 Å². The van der Waals surface area contributed by atoms with Crippen molar-refractivity contribution in [2.24, 2.45) is 17.8 Å². The molecule has 178 valence electrons. The summed E-state index contributed by atoms with van der Waals surface area (Å²) in [5.41, 5.74) is 5.01. The molecule has 5 nitrogen and oxygen atoms in total. The molecule has 1 aromatic carbocycles. The highest BCUT2D eigenvalue weighted by atomic mass is 16.5.